The maximum atomic E-state index is 6.49. The average Bonchev–Trinajstić information content (AvgIpc) is 2.76. The molecule has 120 valence electrons. The minimum absolute atomic E-state index is 0.149. The van der Waals surface area contributed by atoms with Crippen LogP contribution in [0.25, 0.3) is 0 Å². The molecule has 1 fully saturated rings. The van der Waals surface area contributed by atoms with Crippen molar-refractivity contribution >= 4 is 11.6 Å². The maximum Gasteiger partial charge on any atom is 0.0847 e. The quantitative estimate of drug-likeness (QED) is 0.786. The largest absolute Gasteiger partial charge is 0.381 e. The van der Waals surface area contributed by atoms with Crippen molar-refractivity contribution in [2.24, 2.45) is 5.41 Å². The van der Waals surface area contributed by atoms with E-state index >= 15 is 0 Å². The lowest BCUT2D eigenvalue weighted by atomic mass is 9.78. The van der Waals surface area contributed by atoms with E-state index in [1.165, 1.54) is 12.1 Å². The zero-order valence-electron chi connectivity index (χ0n) is 13.5. The van der Waals surface area contributed by atoms with Gasteiger partial charge in [0.25, 0.3) is 0 Å². The Morgan fingerprint density at radius 1 is 1.43 bits per heavy atom. The van der Waals surface area contributed by atoms with Gasteiger partial charge in [0.15, 0.2) is 0 Å². The molecule has 1 aliphatic rings. The minimum Gasteiger partial charge on any atom is -0.381 e. The molecule has 1 aromatic rings. The summed E-state index contributed by atoms with van der Waals surface area (Å²) in [7, 11) is 0. The number of nitrogens with one attached hydrogen (secondary N) is 1. The van der Waals surface area contributed by atoms with E-state index in [0.717, 1.165) is 62.8 Å². The van der Waals surface area contributed by atoms with Crippen LogP contribution in [0.2, 0.25) is 5.02 Å². The molecule has 1 saturated heterocycles. The molecule has 0 saturated carbocycles. The van der Waals surface area contributed by atoms with Crippen LogP contribution in [0.3, 0.4) is 0 Å². The maximum absolute atomic E-state index is 6.49. The second-order valence-electron chi connectivity index (χ2n) is 6.17. The van der Waals surface area contributed by atoms with Gasteiger partial charge < -0.3 is 10.1 Å². The Morgan fingerprint density at radius 2 is 2.24 bits per heavy atom. The van der Waals surface area contributed by atoms with Crippen LogP contribution >= 0.6 is 11.6 Å². The summed E-state index contributed by atoms with van der Waals surface area (Å²) in [4.78, 5) is 0. The summed E-state index contributed by atoms with van der Waals surface area (Å²) >= 11 is 6.49. The van der Waals surface area contributed by atoms with E-state index in [1.807, 2.05) is 11.6 Å². The highest BCUT2D eigenvalue weighted by Gasteiger charge is 2.35. The fraction of sp³-hybridized carbons (Fsp3) is 0.812. The van der Waals surface area contributed by atoms with Crippen LogP contribution < -0.4 is 5.32 Å². The Hall–Kier alpha value is -0.580. The third kappa shape index (κ3) is 3.99. The van der Waals surface area contributed by atoms with Gasteiger partial charge in [0.05, 0.1) is 23.0 Å². The van der Waals surface area contributed by atoms with Gasteiger partial charge in [-0.1, -0.05) is 18.5 Å². The molecule has 1 aromatic heterocycles. The van der Waals surface area contributed by atoms with Crippen LogP contribution in [0.1, 0.15) is 44.5 Å². The third-order valence-corrected chi connectivity index (χ3v) is 4.82. The summed E-state index contributed by atoms with van der Waals surface area (Å²) in [6.45, 7) is 10.9. The summed E-state index contributed by atoms with van der Waals surface area (Å²) in [5.41, 5.74) is 2.25. The van der Waals surface area contributed by atoms with Gasteiger partial charge in [0, 0.05) is 25.1 Å². The topological polar surface area (TPSA) is 39.1 Å². The van der Waals surface area contributed by atoms with Crippen molar-refractivity contribution in [2.75, 3.05) is 26.3 Å². The van der Waals surface area contributed by atoms with Crippen LogP contribution in [0.15, 0.2) is 0 Å². The van der Waals surface area contributed by atoms with Gasteiger partial charge in [-0.25, -0.2) is 0 Å². The van der Waals surface area contributed by atoms with Crippen molar-refractivity contribution in [1.82, 2.24) is 15.1 Å². The van der Waals surface area contributed by atoms with Crippen LogP contribution in [0.4, 0.5) is 0 Å². The van der Waals surface area contributed by atoms with E-state index in [0.29, 0.717) is 0 Å². The summed E-state index contributed by atoms with van der Waals surface area (Å²) < 4.78 is 7.85. The van der Waals surface area contributed by atoms with Crippen molar-refractivity contribution in [3.8, 4) is 0 Å². The number of nitrogens with zero attached hydrogens (tertiary/aromatic N) is 2. The fourth-order valence-electron chi connectivity index (χ4n) is 3.17. The highest BCUT2D eigenvalue weighted by molar-refractivity contribution is 6.31. The Kier molecular flexibility index (Phi) is 6.08. The second-order valence-corrected chi connectivity index (χ2v) is 6.55. The lowest BCUT2D eigenvalue weighted by Crippen LogP contribution is -2.43. The SMILES string of the molecule is CCCNCC1(Cc2c(Cl)c(C)nn2CC)CCCOC1. The molecule has 0 amide bonds. The van der Waals surface area contributed by atoms with Crippen molar-refractivity contribution in [2.45, 2.75) is 53.0 Å². The Morgan fingerprint density at radius 3 is 2.86 bits per heavy atom. The first kappa shape index (κ1) is 16.8. The highest BCUT2D eigenvalue weighted by Crippen LogP contribution is 2.35. The summed E-state index contributed by atoms with van der Waals surface area (Å²) in [6.07, 6.45) is 4.42. The second kappa shape index (κ2) is 7.61. The number of rotatable bonds is 7. The van der Waals surface area contributed by atoms with Gasteiger partial charge in [-0.15, -0.1) is 0 Å². The summed E-state index contributed by atoms with van der Waals surface area (Å²) in [5.74, 6) is 0. The predicted octanol–water partition coefficient (Wildman–Crippen LogP) is 3.20. The van der Waals surface area contributed by atoms with Crippen LogP contribution in [-0.4, -0.2) is 36.1 Å². The Bertz CT molecular complexity index is 453. The third-order valence-electron chi connectivity index (χ3n) is 4.33. The van der Waals surface area contributed by atoms with Gasteiger partial charge in [0.1, 0.15) is 0 Å². The zero-order valence-corrected chi connectivity index (χ0v) is 14.3. The van der Waals surface area contributed by atoms with E-state index in [4.69, 9.17) is 16.3 Å². The van der Waals surface area contributed by atoms with Crippen LogP contribution in [0.5, 0.6) is 0 Å². The summed E-state index contributed by atoms with van der Waals surface area (Å²) in [6, 6.07) is 0. The molecule has 0 spiro atoms. The van der Waals surface area contributed by atoms with Crippen molar-refractivity contribution < 1.29 is 4.74 Å². The normalized spacial score (nSPS) is 22.7. The number of aromatic nitrogens is 2. The van der Waals surface area contributed by atoms with Gasteiger partial charge >= 0.3 is 0 Å². The number of ether oxygens (including phenoxy) is 1. The predicted molar refractivity (Wildman–Crippen MR) is 87.0 cm³/mol. The molecule has 2 rings (SSSR count). The van der Waals surface area contributed by atoms with Crippen molar-refractivity contribution in [3.63, 3.8) is 0 Å². The molecule has 4 nitrogen and oxygen atoms in total. The van der Waals surface area contributed by atoms with E-state index in [2.05, 4.69) is 24.3 Å². The first-order chi connectivity index (χ1) is 10.1. The number of halogens is 1. The Labute approximate surface area is 133 Å². The van der Waals surface area contributed by atoms with Gasteiger partial charge in [-0.3, -0.25) is 4.68 Å². The minimum atomic E-state index is 0.149. The van der Waals surface area contributed by atoms with E-state index in [1.54, 1.807) is 0 Å². The fourth-order valence-corrected chi connectivity index (χ4v) is 3.38. The monoisotopic (exact) mass is 313 g/mol. The first-order valence-electron chi connectivity index (χ1n) is 8.12. The smallest absolute Gasteiger partial charge is 0.0847 e. The van der Waals surface area contributed by atoms with Gasteiger partial charge in [0.2, 0.25) is 0 Å². The standard InChI is InChI=1S/C16H28ClN3O/c1-4-8-18-11-16(7-6-9-21-12-16)10-14-15(17)13(3)19-20(14)5-2/h18H,4-12H2,1-3H3. The molecule has 5 heteroatoms. The molecule has 2 heterocycles. The number of hydrogen-bond donors (Lipinski definition) is 1. The van der Waals surface area contributed by atoms with Crippen LogP contribution in [-0.2, 0) is 17.7 Å². The molecule has 1 N–H and O–H groups in total. The molecule has 0 bridgehead atoms. The molecule has 0 radical (unpaired) electrons. The first-order valence-corrected chi connectivity index (χ1v) is 8.50. The lowest BCUT2D eigenvalue weighted by molar-refractivity contribution is -0.00803. The lowest BCUT2D eigenvalue weighted by Gasteiger charge is -2.37. The van der Waals surface area contributed by atoms with E-state index in [-0.39, 0.29) is 5.41 Å². The van der Waals surface area contributed by atoms with Gasteiger partial charge in [-0.2, -0.15) is 5.10 Å². The van der Waals surface area contributed by atoms with Gasteiger partial charge in [-0.05, 0) is 46.1 Å². The molecule has 1 aliphatic heterocycles. The molecule has 1 atom stereocenters. The molecule has 1 unspecified atom stereocenters. The highest BCUT2D eigenvalue weighted by atomic mass is 35.5. The molecular weight excluding hydrogens is 286 g/mol. The van der Waals surface area contributed by atoms with Crippen molar-refractivity contribution in [1.29, 1.82) is 0 Å². The number of hydrogen-bond acceptors (Lipinski definition) is 3. The number of aryl methyl sites for hydroxylation is 2. The average molecular weight is 314 g/mol. The van der Waals surface area contributed by atoms with E-state index < -0.39 is 0 Å². The Balaban J connectivity index is 2.18. The molecule has 21 heavy (non-hydrogen) atoms. The van der Waals surface area contributed by atoms with Crippen molar-refractivity contribution in [3.05, 3.63) is 16.4 Å². The molecule has 0 aliphatic carbocycles. The summed E-state index contributed by atoms with van der Waals surface area (Å²) in [5, 5.41) is 8.95. The molecular formula is C16H28ClN3O. The van der Waals surface area contributed by atoms with E-state index in [9.17, 15) is 0 Å². The van der Waals surface area contributed by atoms with Crippen LogP contribution in [0, 0.1) is 12.3 Å². The zero-order chi connectivity index (χ0) is 15.3. The molecule has 0 aromatic carbocycles.